The molecule has 7 rings (SSSR count). The first-order valence-corrected chi connectivity index (χ1v) is 13.7. The lowest BCUT2D eigenvalue weighted by molar-refractivity contribution is 0.104. The van der Waals surface area contributed by atoms with Gasteiger partial charge in [-0.3, -0.25) is 9.78 Å². The molecule has 4 nitrogen and oxygen atoms in total. The summed E-state index contributed by atoms with van der Waals surface area (Å²) in [5.41, 5.74) is 8.05. The van der Waals surface area contributed by atoms with Gasteiger partial charge in [0.1, 0.15) is 5.54 Å². The topological polar surface area (TPSA) is 47.8 Å². The zero-order valence-electron chi connectivity index (χ0n) is 22.4. The van der Waals surface area contributed by atoms with Crippen LogP contribution in [0.3, 0.4) is 0 Å². The van der Waals surface area contributed by atoms with Crippen LogP contribution in [0.5, 0.6) is 0 Å². The van der Waals surface area contributed by atoms with E-state index < -0.39 is 5.54 Å². The molecule has 0 saturated heterocycles. The number of rotatable bonds is 6. The minimum atomic E-state index is -0.640. The average Bonchev–Trinajstić information content (AvgIpc) is 3.65. The van der Waals surface area contributed by atoms with Crippen molar-refractivity contribution in [3.05, 3.63) is 185 Å². The first-order valence-electron chi connectivity index (χ1n) is 13.7. The van der Waals surface area contributed by atoms with Crippen LogP contribution < -0.4 is 0 Å². The number of aromatic nitrogens is 3. The van der Waals surface area contributed by atoms with E-state index in [1.807, 2.05) is 48.8 Å². The highest BCUT2D eigenvalue weighted by Crippen LogP contribution is 2.41. The van der Waals surface area contributed by atoms with Gasteiger partial charge in [-0.15, -0.1) is 0 Å². The predicted molar refractivity (Wildman–Crippen MR) is 163 cm³/mol. The Bertz CT molecular complexity index is 1780. The van der Waals surface area contributed by atoms with Crippen LogP contribution >= 0.6 is 0 Å². The van der Waals surface area contributed by atoms with E-state index in [9.17, 15) is 4.79 Å². The molecule has 0 saturated carbocycles. The van der Waals surface area contributed by atoms with Crippen LogP contribution in [0, 0.1) is 0 Å². The van der Waals surface area contributed by atoms with E-state index in [0.29, 0.717) is 12.0 Å². The van der Waals surface area contributed by atoms with E-state index in [1.165, 1.54) is 0 Å². The Labute approximate surface area is 239 Å². The highest BCUT2D eigenvalue weighted by Gasteiger charge is 2.38. The van der Waals surface area contributed by atoms with Crippen LogP contribution in [-0.4, -0.2) is 20.3 Å². The second-order valence-electron chi connectivity index (χ2n) is 10.3. The zero-order valence-corrected chi connectivity index (χ0v) is 22.4. The van der Waals surface area contributed by atoms with Crippen LogP contribution in [-0.2, 0) is 12.0 Å². The number of allylic oxidation sites excluding steroid dienone is 1. The van der Waals surface area contributed by atoms with Gasteiger partial charge in [0, 0.05) is 41.7 Å². The van der Waals surface area contributed by atoms with Gasteiger partial charge >= 0.3 is 0 Å². The van der Waals surface area contributed by atoms with E-state index in [1.54, 1.807) is 12.4 Å². The van der Waals surface area contributed by atoms with Crippen molar-refractivity contribution in [3.8, 4) is 11.3 Å². The van der Waals surface area contributed by atoms with Gasteiger partial charge in [0.05, 0.1) is 12.0 Å². The van der Waals surface area contributed by atoms with Crippen LogP contribution in [0.4, 0.5) is 0 Å². The molecule has 196 valence electrons. The van der Waals surface area contributed by atoms with E-state index >= 15 is 0 Å². The molecule has 4 aromatic carbocycles. The fourth-order valence-corrected chi connectivity index (χ4v) is 6.03. The summed E-state index contributed by atoms with van der Waals surface area (Å²) in [7, 11) is 0. The molecule has 0 bridgehead atoms. The summed E-state index contributed by atoms with van der Waals surface area (Å²) in [6, 6.07) is 41.8. The number of pyridine rings is 1. The number of imidazole rings is 1. The van der Waals surface area contributed by atoms with Crippen molar-refractivity contribution >= 4 is 11.9 Å². The molecule has 1 aliphatic rings. The number of hydrogen-bond acceptors (Lipinski definition) is 3. The molecule has 0 radical (unpaired) electrons. The van der Waals surface area contributed by atoms with Crippen LogP contribution in [0.1, 0.15) is 38.2 Å². The molecular formula is C37H27N3O. The third kappa shape index (κ3) is 4.21. The number of carbonyl (C=O) groups excluding carboxylic acids is 1. The third-order valence-corrected chi connectivity index (χ3v) is 7.94. The van der Waals surface area contributed by atoms with E-state index in [4.69, 9.17) is 4.98 Å². The maximum absolute atomic E-state index is 13.1. The van der Waals surface area contributed by atoms with Gasteiger partial charge < -0.3 is 4.57 Å². The standard InChI is InChI=1S/C37H27N3O/c41-36-29(23-28-20-21-38-24-34(28)36)22-27-12-10-11-19-33(27)35-25-40(26-39-35)37(30-13-4-1-5-14-30,31-15-6-2-7-16-31)32-17-8-3-9-18-32/h1-22,24-26H,23H2/b29-22+. The van der Waals surface area contributed by atoms with Crippen molar-refractivity contribution in [2.24, 2.45) is 0 Å². The largest absolute Gasteiger partial charge is 0.318 e. The van der Waals surface area contributed by atoms with Crippen molar-refractivity contribution in [2.75, 3.05) is 0 Å². The molecule has 0 unspecified atom stereocenters. The van der Waals surface area contributed by atoms with Gasteiger partial charge in [0.2, 0.25) is 0 Å². The Balaban J connectivity index is 1.39. The monoisotopic (exact) mass is 529 g/mol. The summed E-state index contributed by atoms with van der Waals surface area (Å²) < 4.78 is 2.22. The first-order chi connectivity index (χ1) is 20.2. The number of ketones is 1. The highest BCUT2D eigenvalue weighted by atomic mass is 16.1. The lowest BCUT2D eigenvalue weighted by atomic mass is 9.77. The minimum Gasteiger partial charge on any atom is -0.318 e. The first kappa shape index (κ1) is 24.7. The molecule has 41 heavy (non-hydrogen) atoms. The molecule has 2 heterocycles. The summed E-state index contributed by atoms with van der Waals surface area (Å²) in [6.45, 7) is 0. The molecule has 6 aromatic rings. The maximum Gasteiger partial charge on any atom is 0.191 e. The highest BCUT2D eigenvalue weighted by molar-refractivity contribution is 6.15. The van der Waals surface area contributed by atoms with Crippen LogP contribution in [0.25, 0.3) is 17.3 Å². The van der Waals surface area contributed by atoms with Crippen molar-refractivity contribution < 1.29 is 4.79 Å². The number of Topliss-reactive ketones (excluding diaryl/α,β-unsaturated/α-hetero) is 1. The fourth-order valence-electron chi connectivity index (χ4n) is 6.03. The molecule has 4 heteroatoms. The van der Waals surface area contributed by atoms with Gasteiger partial charge in [-0.2, -0.15) is 0 Å². The maximum atomic E-state index is 13.1. The molecule has 0 atom stereocenters. The Morgan fingerprint density at radius 2 is 1.27 bits per heavy atom. The Hall–Kier alpha value is -5.35. The van der Waals surface area contributed by atoms with Crippen molar-refractivity contribution in [1.82, 2.24) is 14.5 Å². The molecule has 0 spiro atoms. The normalized spacial score (nSPS) is 13.9. The van der Waals surface area contributed by atoms with Crippen LogP contribution in [0.2, 0.25) is 0 Å². The van der Waals surface area contributed by atoms with Gasteiger partial charge in [-0.05, 0) is 40.0 Å². The zero-order chi connectivity index (χ0) is 27.6. The number of fused-ring (bicyclic) bond motifs is 1. The van der Waals surface area contributed by atoms with E-state index in [-0.39, 0.29) is 5.78 Å². The Morgan fingerprint density at radius 1 is 0.683 bits per heavy atom. The summed E-state index contributed by atoms with van der Waals surface area (Å²) in [6.07, 6.45) is 10.1. The fraction of sp³-hybridized carbons (Fsp3) is 0.0541. The lowest BCUT2D eigenvalue weighted by Crippen LogP contribution is -2.36. The molecule has 0 fully saturated rings. The molecule has 0 amide bonds. The summed E-state index contributed by atoms with van der Waals surface area (Å²) in [5.74, 6) is 0.0460. The molecule has 0 aliphatic heterocycles. The summed E-state index contributed by atoms with van der Waals surface area (Å²) in [4.78, 5) is 22.2. The van der Waals surface area contributed by atoms with E-state index in [2.05, 4.69) is 101 Å². The summed E-state index contributed by atoms with van der Waals surface area (Å²) >= 11 is 0. The number of carbonyl (C=O) groups is 1. The minimum absolute atomic E-state index is 0.0460. The Kier molecular flexibility index (Phi) is 6.21. The lowest BCUT2D eigenvalue weighted by Gasteiger charge is -2.37. The van der Waals surface area contributed by atoms with E-state index in [0.717, 1.165) is 44.6 Å². The molecule has 1 aliphatic carbocycles. The molecule has 2 aromatic heterocycles. The van der Waals surface area contributed by atoms with Gasteiger partial charge in [0.15, 0.2) is 5.78 Å². The smallest absolute Gasteiger partial charge is 0.191 e. The second-order valence-corrected chi connectivity index (χ2v) is 10.3. The van der Waals surface area contributed by atoms with Gasteiger partial charge in [0.25, 0.3) is 0 Å². The third-order valence-electron chi connectivity index (χ3n) is 7.94. The summed E-state index contributed by atoms with van der Waals surface area (Å²) in [5, 5.41) is 0. The number of benzene rings is 4. The molecular weight excluding hydrogens is 502 g/mol. The molecule has 0 N–H and O–H groups in total. The SMILES string of the molecule is O=C1/C(=C/c2ccccc2-c2cn(C(c3ccccc3)(c3ccccc3)c3ccccc3)cn2)Cc2ccncc21. The quantitative estimate of drug-likeness (QED) is 0.165. The number of hydrogen-bond donors (Lipinski definition) is 0. The number of nitrogens with zero attached hydrogens (tertiary/aromatic N) is 3. The Morgan fingerprint density at radius 3 is 1.88 bits per heavy atom. The van der Waals surface area contributed by atoms with Crippen molar-refractivity contribution in [2.45, 2.75) is 12.0 Å². The van der Waals surface area contributed by atoms with Gasteiger partial charge in [-0.25, -0.2) is 4.98 Å². The predicted octanol–water partition coefficient (Wildman–Crippen LogP) is 7.61. The van der Waals surface area contributed by atoms with Crippen molar-refractivity contribution in [1.29, 1.82) is 0 Å². The van der Waals surface area contributed by atoms with Gasteiger partial charge in [-0.1, -0.05) is 115 Å². The van der Waals surface area contributed by atoms with Crippen molar-refractivity contribution in [3.63, 3.8) is 0 Å². The second kappa shape index (κ2) is 10.3. The van der Waals surface area contributed by atoms with Crippen LogP contribution in [0.15, 0.2) is 152 Å². The average molecular weight is 530 g/mol.